The lowest BCUT2D eigenvalue weighted by atomic mass is 9.90. The van der Waals surface area contributed by atoms with Crippen molar-refractivity contribution in [1.29, 1.82) is 0 Å². The second kappa shape index (κ2) is 9.60. The van der Waals surface area contributed by atoms with Crippen molar-refractivity contribution in [2.75, 3.05) is 6.61 Å². The largest absolute Gasteiger partial charge is 0.373 e. The number of benzene rings is 2. The van der Waals surface area contributed by atoms with Crippen molar-refractivity contribution in [3.63, 3.8) is 0 Å². The van der Waals surface area contributed by atoms with Crippen LogP contribution in [0.25, 0.3) is 11.1 Å². The van der Waals surface area contributed by atoms with Gasteiger partial charge in [-0.15, -0.1) is 0 Å². The molecule has 2 aromatic carbocycles. The van der Waals surface area contributed by atoms with Crippen LogP contribution in [0.2, 0.25) is 0 Å². The summed E-state index contributed by atoms with van der Waals surface area (Å²) in [6.07, 6.45) is 6.16. The molecule has 0 N–H and O–H groups in total. The Morgan fingerprint density at radius 1 is 0.964 bits per heavy atom. The Bertz CT molecular complexity index is 795. The molecule has 1 heterocycles. The van der Waals surface area contributed by atoms with Crippen LogP contribution in [0.1, 0.15) is 69.6 Å². The summed E-state index contributed by atoms with van der Waals surface area (Å²) in [6, 6.07) is 7.72. The van der Waals surface area contributed by atoms with Gasteiger partial charge < -0.3 is 4.74 Å². The second-order valence-corrected chi connectivity index (χ2v) is 7.79. The van der Waals surface area contributed by atoms with E-state index < -0.39 is 17.7 Å². The van der Waals surface area contributed by atoms with Gasteiger partial charge in [0.1, 0.15) is 5.82 Å². The Morgan fingerprint density at radius 2 is 1.79 bits per heavy atom. The van der Waals surface area contributed by atoms with E-state index in [-0.39, 0.29) is 16.9 Å². The third-order valence-corrected chi connectivity index (χ3v) is 5.68. The predicted octanol–water partition coefficient (Wildman–Crippen LogP) is 7.38. The van der Waals surface area contributed by atoms with Crippen LogP contribution < -0.4 is 0 Å². The average Bonchev–Trinajstić information content (AvgIpc) is 2.71. The molecule has 2 aromatic rings. The summed E-state index contributed by atoms with van der Waals surface area (Å²) in [6.45, 7) is 4.73. The summed E-state index contributed by atoms with van der Waals surface area (Å²) < 4.78 is 49.6. The maximum absolute atomic E-state index is 14.8. The summed E-state index contributed by atoms with van der Waals surface area (Å²) in [7, 11) is 0. The molecule has 1 fully saturated rings. The van der Waals surface area contributed by atoms with Gasteiger partial charge >= 0.3 is 0 Å². The molecule has 2 atom stereocenters. The summed E-state index contributed by atoms with van der Waals surface area (Å²) in [5.41, 5.74) is 1.29. The highest BCUT2D eigenvalue weighted by Gasteiger charge is 2.27. The van der Waals surface area contributed by atoms with Gasteiger partial charge in [0.05, 0.1) is 12.7 Å². The van der Waals surface area contributed by atoms with Gasteiger partial charge in [0.2, 0.25) is 0 Å². The highest BCUT2D eigenvalue weighted by molar-refractivity contribution is 5.65. The first kappa shape index (κ1) is 20.9. The van der Waals surface area contributed by atoms with Crippen LogP contribution in [0.4, 0.5) is 13.2 Å². The quantitative estimate of drug-likeness (QED) is 0.479. The van der Waals surface area contributed by atoms with Crippen LogP contribution in [0.5, 0.6) is 0 Å². The summed E-state index contributed by atoms with van der Waals surface area (Å²) >= 11 is 0. The first-order valence-electron chi connectivity index (χ1n) is 10.4. The van der Waals surface area contributed by atoms with E-state index in [1.807, 2.05) is 6.92 Å². The fourth-order valence-electron chi connectivity index (χ4n) is 3.99. The molecule has 152 valence electrons. The van der Waals surface area contributed by atoms with Crippen LogP contribution in [-0.2, 0) is 11.2 Å². The molecule has 2 unspecified atom stereocenters. The third kappa shape index (κ3) is 4.60. The van der Waals surface area contributed by atoms with E-state index in [0.29, 0.717) is 36.5 Å². The summed E-state index contributed by atoms with van der Waals surface area (Å²) in [5, 5.41) is 0. The van der Waals surface area contributed by atoms with Gasteiger partial charge in [0.25, 0.3) is 0 Å². The molecular weight excluding hydrogens is 361 g/mol. The van der Waals surface area contributed by atoms with Gasteiger partial charge in [-0.25, -0.2) is 13.2 Å². The lowest BCUT2D eigenvalue weighted by Gasteiger charge is -2.29. The van der Waals surface area contributed by atoms with Crippen molar-refractivity contribution in [2.24, 2.45) is 5.92 Å². The molecule has 0 bridgehead atoms. The molecule has 1 saturated heterocycles. The van der Waals surface area contributed by atoms with Crippen LogP contribution in [0, 0.1) is 23.4 Å². The van der Waals surface area contributed by atoms with Crippen LogP contribution in [0.15, 0.2) is 30.3 Å². The Kier molecular flexibility index (Phi) is 7.17. The number of hydrogen-bond acceptors (Lipinski definition) is 1. The number of ether oxygens (including phenoxy) is 1. The van der Waals surface area contributed by atoms with Gasteiger partial charge in [-0.2, -0.15) is 0 Å². The molecule has 1 nitrogen and oxygen atoms in total. The number of halogens is 3. The van der Waals surface area contributed by atoms with E-state index in [2.05, 4.69) is 6.92 Å². The molecule has 0 aliphatic carbocycles. The molecular formula is C24H29F3O. The van der Waals surface area contributed by atoms with E-state index in [0.717, 1.165) is 25.7 Å². The Hall–Kier alpha value is -1.81. The van der Waals surface area contributed by atoms with Crippen LogP contribution in [0.3, 0.4) is 0 Å². The van der Waals surface area contributed by atoms with E-state index in [4.69, 9.17) is 4.74 Å². The first-order chi connectivity index (χ1) is 13.5. The lowest BCUT2D eigenvalue weighted by molar-refractivity contribution is -0.0217. The molecule has 3 rings (SSSR count). The topological polar surface area (TPSA) is 9.23 Å². The van der Waals surface area contributed by atoms with Gasteiger partial charge in [0, 0.05) is 11.1 Å². The van der Waals surface area contributed by atoms with E-state index in [1.54, 1.807) is 18.2 Å². The fraction of sp³-hybridized carbons (Fsp3) is 0.500. The standard InChI is InChI=1S/C24H29F3O/c1-3-5-7-16-8-13-22(28-15-16)20-12-11-19(23(26)24(20)27)18-10-9-17(6-4-2)21(25)14-18/h9-12,14,16,22H,3-8,13,15H2,1-2H3. The van der Waals surface area contributed by atoms with E-state index in [1.165, 1.54) is 18.6 Å². The fourth-order valence-corrected chi connectivity index (χ4v) is 3.99. The molecule has 28 heavy (non-hydrogen) atoms. The highest BCUT2D eigenvalue weighted by atomic mass is 19.2. The SMILES string of the molecule is CCCCC1CCC(c2ccc(-c3ccc(CCC)c(F)c3)c(F)c2F)OC1. The maximum atomic E-state index is 14.8. The average molecular weight is 390 g/mol. The lowest BCUT2D eigenvalue weighted by Crippen LogP contribution is -2.21. The van der Waals surface area contributed by atoms with Crippen molar-refractivity contribution in [1.82, 2.24) is 0 Å². The zero-order valence-electron chi connectivity index (χ0n) is 16.7. The van der Waals surface area contributed by atoms with Crippen molar-refractivity contribution < 1.29 is 17.9 Å². The Labute approximate surface area is 165 Å². The van der Waals surface area contributed by atoms with Crippen molar-refractivity contribution in [2.45, 2.75) is 64.9 Å². The molecule has 0 spiro atoms. The van der Waals surface area contributed by atoms with Crippen LogP contribution in [-0.4, -0.2) is 6.61 Å². The third-order valence-electron chi connectivity index (χ3n) is 5.68. The highest BCUT2D eigenvalue weighted by Crippen LogP contribution is 2.36. The number of hydrogen-bond donors (Lipinski definition) is 0. The minimum Gasteiger partial charge on any atom is -0.373 e. The predicted molar refractivity (Wildman–Crippen MR) is 107 cm³/mol. The smallest absolute Gasteiger partial charge is 0.167 e. The zero-order valence-corrected chi connectivity index (χ0v) is 16.7. The van der Waals surface area contributed by atoms with Crippen molar-refractivity contribution in [3.05, 3.63) is 58.9 Å². The Morgan fingerprint density at radius 3 is 2.43 bits per heavy atom. The number of aryl methyl sites for hydroxylation is 1. The second-order valence-electron chi connectivity index (χ2n) is 7.79. The van der Waals surface area contributed by atoms with Crippen LogP contribution >= 0.6 is 0 Å². The van der Waals surface area contributed by atoms with E-state index in [9.17, 15) is 13.2 Å². The van der Waals surface area contributed by atoms with Gasteiger partial charge in [0.15, 0.2) is 11.6 Å². The Balaban J connectivity index is 1.78. The molecule has 0 saturated carbocycles. The summed E-state index contributed by atoms with van der Waals surface area (Å²) in [4.78, 5) is 0. The van der Waals surface area contributed by atoms with E-state index >= 15 is 0 Å². The molecule has 4 heteroatoms. The minimum atomic E-state index is -0.933. The molecule has 1 aliphatic rings. The molecule has 0 aromatic heterocycles. The van der Waals surface area contributed by atoms with Gasteiger partial charge in [-0.1, -0.05) is 57.4 Å². The molecule has 1 aliphatic heterocycles. The summed E-state index contributed by atoms with van der Waals surface area (Å²) in [5.74, 6) is -1.69. The maximum Gasteiger partial charge on any atom is 0.167 e. The van der Waals surface area contributed by atoms with Gasteiger partial charge in [-0.3, -0.25) is 0 Å². The van der Waals surface area contributed by atoms with Crippen molar-refractivity contribution >= 4 is 0 Å². The monoisotopic (exact) mass is 390 g/mol. The zero-order chi connectivity index (χ0) is 20.1. The van der Waals surface area contributed by atoms with Crippen molar-refractivity contribution in [3.8, 4) is 11.1 Å². The van der Waals surface area contributed by atoms with Gasteiger partial charge in [-0.05, 0) is 48.8 Å². The number of rotatable bonds is 7. The molecule has 0 amide bonds. The number of unbranched alkanes of at least 4 members (excludes halogenated alkanes) is 1. The molecule has 0 radical (unpaired) electrons. The minimum absolute atomic E-state index is 0.0832. The normalized spacial score (nSPS) is 19.8. The first-order valence-corrected chi connectivity index (χ1v) is 10.4.